The third-order valence-corrected chi connectivity index (χ3v) is 4.44. The molecule has 1 aliphatic rings. The van der Waals surface area contributed by atoms with Crippen LogP contribution in [0.2, 0.25) is 0 Å². The van der Waals surface area contributed by atoms with E-state index in [1.165, 1.54) is 0 Å². The largest absolute Gasteiger partial charge is 0.375 e. The van der Waals surface area contributed by atoms with Gasteiger partial charge in [0.2, 0.25) is 5.95 Å². The third kappa shape index (κ3) is 4.06. The van der Waals surface area contributed by atoms with Gasteiger partial charge in [0.25, 0.3) is 0 Å². The zero-order valence-electron chi connectivity index (χ0n) is 14.6. The van der Waals surface area contributed by atoms with Crippen LogP contribution in [0.1, 0.15) is 50.3 Å². The van der Waals surface area contributed by atoms with E-state index in [9.17, 15) is 0 Å². The van der Waals surface area contributed by atoms with Gasteiger partial charge in [-0.15, -0.1) is 0 Å². The van der Waals surface area contributed by atoms with Crippen LogP contribution in [-0.2, 0) is 4.74 Å². The van der Waals surface area contributed by atoms with E-state index < -0.39 is 0 Å². The molecule has 3 heterocycles. The van der Waals surface area contributed by atoms with Gasteiger partial charge in [0.15, 0.2) is 0 Å². The predicted molar refractivity (Wildman–Crippen MR) is 93.1 cm³/mol. The minimum Gasteiger partial charge on any atom is -0.375 e. The molecule has 0 saturated carbocycles. The Morgan fingerprint density at radius 1 is 1.25 bits per heavy atom. The van der Waals surface area contributed by atoms with Crippen molar-refractivity contribution in [3.63, 3.8) is 0 Å². The predicted octanol–water partition coefficient (Wildman–Crippen LogP) is 2.79. The molecule has 2 aromatic rings. The molecule has 2 unspecified atom stereocenters. The number of hydrogen-bond acceptors (Lipinski definition) is 6. The lowest BCUT2D eigenvalue weighted by molar-refractivity contribution is 0.0310. The van der Waals surface area contributed by atoms with Crippen molar-refractivity contribution in [2.24, 2.45) is 0 Å². The van der Waals surface area contributed by atoms with E-state index in [4.69, 9.17) is 9.72 Å². The SMILES string of the molecule is CC(C)c1ccnc(N2CCOC(CC(C)c3cncnc3)C2)n1. The molecule has 3 rings (SSSR count). The van der Waals surface area contributed by atoms with Gasteiger partial charge in [0.05, 0.1) is 12.7 Å². The summed E-state index contributed by atoms with van der Waals surface area (Å²) >= 11 is 0. The molecule has 1 aliphatic heterocycles. The molecule has 6 nitrogen and oxygen atoms in total. The van der Waals surface area contributed by atoms with Crippen molar-refractivity contribution in [3.05, 3.63) is 42.2 Å². The first-order valence-electron chi connectivity index (χ1n) is 8.58. The molecule has 128 valence electrons. The number of nitrogens with zero attached hydrogens (tertiary/aromatic N) is 5. The quantitative estimate of drug-likeness (QED) is 0.841. The summed E-state index contributed by atoms with van der Waals surface area (Å²) in [6.45, 7) is 8.85. The summed E-state index contributed by atoms with van der Waals surface area (Å²) < 4.78 is 5.96. The van der Waals surface area contributed by atoms with Crippen LogP contribution in [0.4, 0.5) is 5.95 Å². The Labute approximate surface area is 143 Å². The summed E-state index contributed by atoms with van der Waals surface area (Å²) in [5.74, 6) is 1.57. The molecule has 0 bridgehead atoms. The van der Waals surface area contributed by atoms with Gasteiger partial charge in [-0.25, -0.2) is 19.9 Å². The number of anilines is 1. The number of aromatic nitrogens is 4. The molecule has 0 amide bonds. The number of ether oxygens (including phenoxy) is 1. The van der Waals surface area contributed by atoms with Crippen LogP contribution in [0.3, 0.4) is 0 Å². The van der Waals surface area contributed by atoms with E-state index in [0.29, 0.717) is 18.4 Å². The standard InChI is InChI=1S/C18H25N5O/c1-13(2)17-4-5-21-18(22-17)23-6-7-24-16(11-23)8-14(3)15-9-19-12-20-10-15/h4-5,9-10,12-14,16H,6-8,11H2,1-3H3. The van der Waals surface area contributed by atoms with Crippen LogP contribution in [0.25, 0.3) is 0 Å². The lowest BCUT2D eigenvalue weighted by Crippen LogP contribution is -2.43. The van der Waals surface area contributed by atoms with Crippen molar-refractivity contribution in [2.45, 2.75) is 45.1 Å². The van der Waals surface area contributed by atoms with Crippen LogP contribution < -0.4 is 4.90 Å². The van der Waals surface area contributed by atoms with Gasteiger partial charge in [-0.3, -0.25) is 0 Å². The molecule has 1 fully saturated rings. The minimum atomic E-state index is 0.167. The highest BCUT2D eigenvalue weighted by Gasteiger charge is 2.24. The number of hydrogen-bond donors (Lipinski definition) is 0. The van der Waals surface area contributed by atoms with Gasteiger partial charge < -0.3 is 9.64 Å². The average Bonchev–Trinajstić information content (AvgIpc) is 2.63. The Balaban J connectivity index is 1.65. The molecule has 2 atom stereocenters. The van der Waals surface area contributed by atoms with Gasteiger partial charge in [0, 0.05) is 37.4 Å². The first-order chi connectivity index (χ1) is 11.6. The summed E-state index contributed by atoms with van der Waals surface area (Å²) in [5.41, 5.74) is 2.23. The van der Waals surface area contributed by atoms with E-state index in [2.05, 4.69) is 40.6 Å². The molecule has 0 spiro atoms. The average molecular weight is 327 g/mol. The number of rotatable bonds is 5. The molecule has 2 aromatic heterocycles. The molecule has 24 heavy (non-hydrogen) atoms. The van der Waals surface area contributed by atoms with E-state index in [0.717, 1.165) is 36.7 Å². The maximum Gasteiger partial charge on any atom is 0.225 e. The Morgan fingerprint density at radius 2 is 2.04 bits per heavy atom. The van der Waals surface area contributed by atoms with Crippen LogP contribution in [0, 0.1) is 0 Å². The minimum absolute atomic E-state index is 0.167. The summed E-state index contributed by atoms with van der Waals surface area (Å²) in [6, 6.07) is 1.99. The molecule has 6 heteroatoms. The molecule has 1 saturated heterocycles. The second-order valence-corrected chi connectivity index (χ2v) is 6.68. The third-order valence-electron chi connectivity index (χ3n) is 4.44. The van der Waals surface area contributed by atoms with Crippen molar-refractivity contribution >= 4 is 5.95 Å². The second-order valence-electron chi connectivity index (χ2n) is 6.68. The Kier molecular flexibility index (Phi) is 5.35. The summed E-state index contributed by atoms with van der Waals surface area (Å²) in [5, 5.41) is 0. The molecule has 0 aliphatic carbocycles. The highest BCUT2D eigenvalue weighted by atomic mass is 16.5. The second kappa shape index (κ2) is 7.66. The van der Waals surface area contributed by atoms with Crippen molar-refractivity contribution in [1.29, 1.82) is 0 Å². The lowest BCUT2D eigenvalue weighted by atomic mass is 9.96. The van der Waals surface area contributed by atoms with Gasteiger partial charge in [-0.2, -0.15) is 0 Å². The first kappa shape index (κ1) is 16.8. The fraction of sp³-hybridized carbons (Fsp3) is 0.556. The highest BCUT2D eigenvalue weighted by molar-refractivity contribution is 5.32. The van der Waals surface area contributed by atoms with E-state index in [-0.39, 0.29) is 6.10 Å². The van der Waals surface area contributed by atoms with Crippen molar-refractivity contribution in [2.75, 3.05) is 24.6 Å². The summed E-state index contributed by atoms with van der Waals surface area (Å²) in [7, 11) is 0. The summed E-state index contributed by atoms with van der Waals surface area (Å²) in [6.07, 6.45) is 8.29. The van der Waals surface area contributed by atoms with Crippen LogP contribution in [0.15, 0.2) is 31.0 Å². The molecule has 0 N–H and O–H groups in total. The highest BCUT2D eigenvalue weighted by Crippen LogP contribution is 2.24. The smallest absolute Gasteiger partial charge is 0.225 e. The molecular weight excluding hydrogens is 302 g/mol. The molecular formula is C18H25N5O. The van der Waals surface area contributed by atoms with Gasteiger partial charge >= 0.3 is 0 Å². The first-order valence-corrected chi connectivity index (χ1v) is 8.58. The maximum absolute atomic E-state index is 5.96. The van der Waals surface area contributed by atoms with E-state index >= 15 is 0 Å². The monoisotopic (exact) mass is 327 g/mol. The fourth-order valence-electron chi connectivity index (χ4n) is 2.97. The Morgan fingerprint density at radius 3 is 2.79 bits per heavy atom. The van der Waals surface area contributed by atoms with Crippen LogP contribution in [0.5, 0.6) is 0 Å². The molecule has 0 radical (unpaired) electrons. The van der Waals surface area contributed by atoms with Crippen molar-refractivity contribution in [3.8, 4) is 0 Å². The van der Waals surface area contributed by atoms with E-state index in [1.54, 1.807) is 6.33 Å². The van der Waals surface area contributed by atoms with Gasteiger partial charge in [-0.05, 0) is 29.9 Å². The van der Waals surface area contributed by atoms with Crippen LogP contribution >= 0.6 is 0 Å². The zero-order chi connectivity index (χ0) is 16.9. The topological polar surface area (TPSA) is 64.0 Å². The zero-order valence-corrected chi connectivity index (χ0v) is 14.6. The van der Waals surface area contributed by atoms with Crippen LogP contribution in [-0.4, -0.2) is 45.7 Å². The lowest BCUT2D eigenvalue weighted by Gasteiger charge is -2.34. The van der Waals surface area contributed by atoms with Crippen molar-refractivity contribution < 1.29 is 4.74 Å². The van der Waals surface area contributed by atoms with Gasteiger partial charge in [-0.1, -0.05) is 20.8 Å². The van der Waals surface area contributed by atoms with E-state index in [1.807, 2.05) is 24.7 Å². The number of morpholine rings is 1. The normalized spacial score (nSPS) is 19.5. The Hall–Kier alpha value is -2.08. The van der Waals surface area contributed by atoms with Crippen molar-refractivity contribution in [1.82, 2.24) is 19.9 Å². The maximum atomic E-state index is 5.96. The van der Waals surface area contributed by atoms with Gasteiger partial charge in [0.1, 0.15) is 6.33 Å². The molecule has 0 aromatic carbocycles. The fourth-order valence-corrected chi connectivity index (χ4v) is 2.97. The summed E-state index contributed by atoms with van der Waals surface area (Å²) in [4.78, 5) is 19.6. The Bertz CT molecular complexity index is 649.